The predicted molar refractivity (Wildman–Crippen MR) is 70.2 cm³/mol. The second-order valence-electron chi connectivity index (χ2n) is 4.59. The Balaban J connectivity index is 2.56. The van der Waals surface area contributed by atoms with E-state index >= 15 is 0 Å². The van der Waals surface area contributed by atoms with E-state index in [0.717, 1.165) is 5.01 Å². The third-order valence-electron chi connectivity index (χ3n) is 3.17. The number of hydrogen-bond acceptors (Lipinski definition) is 5. The zero-order chi connectivity index (χ0) is 14.9. The molecule has 1 aromatic carbocycles. The van der Waals surface area contributed by atoms with Crippen LogP contribution in [0.25, 0.3) is 0 Å². The molecule has 0 saturated heterocycles. The van der Waals surface area contributed by atoms with E-state index in [9.17, 15) is 14.4 Å². The molecule has 0 bridgehead atoms. The van der Waals surface area contributed by atoms with Gasteiger partial charge in [-0.1, -0.05) is 0 Å². The van der Waals surface area contributed by atoms with Crippen LogP contribution in [0.1, 0.15) is 19.4 Å². The van der Waals surface area contributed by atoms with Crippen molar-refractivity contribution in [1.29, 1.82) is 0 Å². The van der Waals surface area contributed by atoms with E-state index in [2.05, 4.69) is 5.10 Å². The maximum absolute atomic E-state index is 13.3. The summed E-state index contributed by atoms with van der Waals surface area (Å²) in [5.74, 6) is -0.591. The van der Waals surface area contributed by atoms with Crippen LogP contribution in [0.15, 0.2) is 23.3 Å². The minimum Gasteiger partial charge on any atom is -0.493 e. The maximum atomic E-state index is 13.3. The van der Waals surface area contributed by atoms with Gasteiger partial charge in [0, 0.05) is 18.7 Å². The van der Waals surface area contributed by atoms with Crippen LogP contribution in [0.2, 0.25) is 0 Å². The Hall–Kier alpha value is -1.99. The zero-order valence-corrected chi connectivity index (χ0v) is 11.5. The van der Waals surface area contributed by atoms with Crippen molar-refractivity contribution >= 4 is 11.6 Å². The number of hydrogen-bond donors (Lipinski definition) is 2. The quantitative estimate of drug-likeness (QED) is 0.812. The second kappa shape index (κ2) is 5.18. The fraction of sp³-hybridized carbons (Fsp3) is 0.385. The molecule has 0 aliphatic carbocycles. The summed E-state index contributed by atoms with van der Waals surface area (Å²) in [4.78, 5) is 12.1. The van der Waals surface area contributed by atoms with Crippen molar-refractivity contribution in [1.82, 2.24) is 10.5 Å². The zero-order valence-electron chi connectivity index (χ0n) is 11.5. The first-order valence-corrected chi connectivity index (χ1v) is 6.15. The number of nitrogens with one attached hydrogen (secondary N) is 1. The molecule has 7 heteroatoms. The highest BCUT2D eigenvalue weighted by molar-refractivity contribution is 6.23. The van der Waals surface area contributed by atoms with E-state index in [1.807, 2.05) is 5.48 Å². The first-order chi connectivity index (χ1) is 9.43. The minimum atomic E-state index is -1.39. The Labute approximate surface area is 115 Å². The summed E-state index contributed by atoms with van der Waals surface area (Å²) >= 11 is 0. The Morgan fingerprint density at radius 2 is 2.25 bits per heavy atom. The van der Waals surface area contributed by atoms with Gasteiger partial charge in [0.05, 0.1) is 6.61 Å². The van der Waals surface area contributed by atoms with Crippen LogP contribution in [0, 0.1) is 5.82 Å². The number of carbonyl (C=O) groups excluding carboxylic acids is 1. The van der Waals surface area contributed by atoms with Crippen LogP contribution in [0.4, 0.5) is 4.39 Å². The third kappa shape index (κ3) is 2.14. The molecule has 20 heavy (non-hydrogen) atoms. The van der Waals surface area contributed by atoms with Crippen LogP contribution in [0.5, 0.6) is 5.75 Å². The van der Waals surface area contributed by atoms with E-state index in [1.54, 1.807) is 6.92 Å². The van der Waals surface area contributed by atoms with Crippen molar-refractivity contribution in [2.75, 3.05) is 13.7 Å². The van der Waals surface area contributed by atoms with Crippen LogP contribution in [0.3, 0.4) is 0 Å². The van der Waals surface area contributed by atoms with Gasteiger partial charge in [-0.2, -0.15) is 10.6 Å². The third-order valence-corrected chi connectivity index (χ3v) is 3.17. The highest BCUT2D eigenvalue weighted by Crippen LogP contribution is 2.29. The van der Waals surface area contributed by atoms with Gasteiger partial charge >= 0.3 is 0 Å². The van der Waals surface area contributed by atoms with Gasteiger partial charge in [0.25, 0.3) is 5.91 Å². The molecule has 1 aliphatic rings. The number of hydrazone groups is 1. The van der Waals surface area contributed by atoms with Gasteiger partial charge in [-0.05, 0) is 26.0 Å². The number of nitrogens with zero attached hydrogens (tertiary/aromatic N) is 2. The number of hydroxylamine groups is 1. The van der Waals surface area contributed by atoms with Gasteiger partial charge in [-0.3, -0.25) is 4.79 Å². The summed E-state index contributed by atoms with van der Waals surface area (Å²) in [6.45, 7) is 3.61. The molecule has 1 heterocycles. The summed E-state index contributed by atoms with van der Waals surface area (Å²) in [5.41, 5.74) is 1.32. The van der Waals surface area contributed by atoms with Crippen LogP contribution in [-0.4, -0.2) is 41.0 Å². The van der Waals surface area contributed by atoms with E-state index in [1.165, 1.54) is 32.2 Å². The molecular formula is C13H16FN3O3. The molecule has 108 valence electrons. The second-order valence-corrected chi connectivity index (χ2v) is 4.59. The summed E-state index contributed by atoms with van der Waals surface area (Å²) < 4.78 is 18.7. The summed E-state index contributed by atoms with van der Waals surface area (Å²) in [7, 11) is 1.48. The van der Waals surface area contributed by atoms with Crippen molar-refractivity contribution < 1.29 is 19.1 Å². The van der Waals surface area contributed by atoms with Crippen LogP contribution < -0.4 is 10.2 Å². The highest BCUT2D eigenvalue weighted by Gasteiger charge is 2.47. The van der Waals surface area contributed by atoms with Gasteiger partial charge in [0.15, 0.2) is 5.54 Å². The van der Waals surface area contributed by atoms with Crippen molar-refractivity contribution in [3.05, 3.63) is 29.6 Å². The van der Waals surface area contributed by atoms with Gasteiger partial charge in [0.2, 0.25) is 0 Å². The van der Waals surface area contributed by atoms with Crippen LogP contribution >= 0.6 is 0 Å². The number of halogens is 1. The Bertz CT molecular complexity index is 576. The molecule has 1 amide bonds. The number of ether oxygens (including phenoxy) is 1. The predicted octanol–water partition coefficient (Wildman–Crippen LogP) is 1.14. The average Bonchev–Trinajstić information content (AvgIpc) is 2.65. The largest absolute Gasteiger partial charge is 0.493 e. The van der Waals surface area contributed by atoms with Crippen molar-refractivity contribution in [3.8, 4) is 5.75 Å². The number of benzene rings is 1. The minimum absolute atomic E-state index is 0.274. The van der Waals surface area contributed by atoms with Crippen LogP contribution in [-0.2, 0) is 4.79 Å². The molecule has 2 rings (SSSR count). The monoisotopic (exact) mass is 281 g/mol. The Kier molecular flexibility index (Phi) is 3.74. The van der Waals surface area contributed by atoms with Gasteiger partial charge < -0.3 is 9.94 Å². The van der Waals surface area contributed by atoms with E-state index in [4.69, 9.17) is 4.74 Å². The summed E-state index contributed by atoms with van der Waals surface area (Å²) in [5, 5.41) is 14.6. The fourth-order valence-corrected chi connectivity index (χ4v) is 2.11. The average molecular weight is 281 g/mol. The lowest BCUT2D eigenvalue weighted by molar-refractivity contribution is -0.134. The Morgan fingerprint density at radius 1 is 1.55 bits per heavy atom. The lowest BCUT2D eigenvalue weighted by Gasteiger charge is -2.23. The molecule has 0 radical (unpaired) electrons. The van der Waals surface area contributed by atoms with Crippen molar-refractivity contribution in [3.63, 3.8) is 0 Å². The fourth-order valence-electron chi connectivity index (χ4n) is 2.11. The molecule has 6 nitrogen and oxygen atoms in total. The lowest BCUT2D eigenvalue weighted by atomic mass is 9.90. The number of carbonyl (C=O) groups is 1. The first-order valence-electron chi connectivity index (χ1n) is 6.15. The number of likely N-dealkylation sites (N-methyl/N-ethyl adjacent to an activating group) is 1. The lowest BCUT2D eigenvalue weighted by Crippen LogP contribution is -2.54. The van der Waals surface area contributed by atoms with Gasteiger partial charge in [-0.25, -0.2) is 9.40 Å². The SMILES string of the molecule is CCOc1cc(F)ccc1C1=NN(C)C(=O)C1(C)NO. The van der Waals surface area contributed by atoms with Gasteiger partial charge in [-0.15, -0.1) is 0 Å². The molecule has 0 aromatic heterocycles. The van der Waals surface area contributed by atoms with E-state index in [0.29, 0.717) is 12.2 Å². The topological polar surface area (TPSA) is 74.2 Å². The van der Waals surface area contributed by atoms with E-state index < -0.39 is 17.3 Å². The maximum Gasteiger partial charge on any atom is 0.270 e. The highest BCUT2D eigenvalue weighted by atomic mass is 19.1. The molecular weight excluding hydrogens is 265 g/mol. The molecule has 0 fully saturated rings. The molecule has 0 spiro atoms. The molecule has 1 aliphatic heterocycles. The standard InChI is InChI=1S/C13H16FN3O3/c1-4-20-10-7-8(14)5-6-9(10)11-13(2,16-19)12(18)17(3)15-11/h5-7,16,19H,4H2,1-3H3. The first kappa shape index (κ1) is 14.4. The molecule has 2 N–H and O–H groups in total. The summed E-state index contributed by atoms with van der Waals surface area (Å²) in [6, 6.07) is 3.95. The molecule has 1 unspecified atom stereocenters. The Morgan fingerprint density at radius 3 is 2.85 bits per heavy atom. The smallest absolute Gasteiger partial charge is 0.270 e. The van der Waals surface area contributed by atoms with Crippen molar-refractivity contribution in [2.24, 2.45) is 5.10 Å². The summed E-state index contributed by atoms with van der Waals surface area (Å²) in [6.07, 6.45) is 0. The van der Waals surface area contributed by atoms with E-state index in [-0.39, 0.29) is 11.5 Å². The number of amides is 1. The molecule has 1 aromatic rings. The normalized spacial score (nSPS) is 22.1. The van der Waals surface area contributed by atoms with Crippen molar-refractivity contribution in [2.45, 2.75) is 19.4 Å². The number of rotatable bonds is 4. The molecule has 0 saturated carbocycles. The van der Waals surface area contributed by atoms with Gasteiger partial charge in [0.1, 0.15) is 17.3 Å². The molecule has 1 atom stereocenters.